The molecular formula is C12H28N2. The Morgan fingerprint density at radius 2 is 1.86 bits per heavy atom. The van der Waals surface area contributed by atoms with E-state index in [0.29, 0.717) is 11.6 Å². The number of rotatable bonds is 7. The third-order valence-electron chi connectivity index (χ3n) is 3.49. The van der Waals surface area contributed by atoms with Crippen molar-refractivity contribution in [2.24, 2.45) is 5.73 Å². The van der Waals surface area contributed by atoms with Gasteiger partial charge in [-0.3, -0.25) is 0 Å². The summed E-state index contributed by atoms with van der Waals surface area (Å²) in [4.78, 5) is 2.44. The van der Waals surface area contributed by atoms with E-state index in [9.17, 15) is 0 Å². The van der Waals surface area contributed by atoms with Gasteiger partial charge in [-0.05, 0) is 53.1 Å². The maximum Gasteiger partial charge on any atom is 0.0147 e. The van der Waals surface area contributed by atoms with Crippen LogP contribution in [0.1, 0.15) is 53.4 Å². The average Bonchev–Trinajstić information content (AvgIpc) is 2.17. The molecule has 0 saturated heterocycles. The van der Waals surface area contributed by atoms with Crippen LogP contribution in [0.5, 0.6) is 0 Å². The summed E-state index contributed by atoms with van der Waals surface area (Å²) >= 11 is 0. The van der Waals surface area contributed by atoms with E-state index in [0.717, 1.165) is 19.4 Å². The van der Waals surface area contributed by atoms with Crippen LogP contribution in [0.2, 0.25) is 0 Å². The van der Waals surface area contributed by atoms with Crippen LogP contribution < -0.4 is 5.73 Å². The molecule has 0 spiro atoms. The van der Waals surface area contributed by atoms with E-state index < -0.39 is 0 Å². The van der Waals surface area contributed by atoms with Crippen molar-refractivity contribution in [3.8, 4) is 0 Å². The second kappa shape index (κ2) is 6.41. The largest absolute Gasteiger partial charge is 0.328 e. The zero-order valence-electron chi connectivity index (χ0n) is 10.6. The zero-order chi connectivity index (χ0) is 11.2. The Bertz CT molecular complexity index is 143. The molecule has 0 saturated carbocycles. The van der Waals surface area contributed by atoms with Gasteiger partial charge in [0, 0.05) is 11.6 Å². The maximum atomic E-state index is 5.88. The van der Waals surface area contributed by atoms with Gasteiger partial charge >= 0.3 is 0 Å². The van der Waals surface area contributed by atoms with E-state index in [2.05, 4.69) is 39.6 Å². The van der Waals surface area contributed by atoms with Gasteiger partial charge in [0.25, 0.3) is 0 Å². The average molecular weight is 200 g/mol. The molecule has 0 aliphatic carbocycles. The SMILES string of the molecule is CCC(N)CCCN(C)C(C)(C)CC. The van der Waals surface area contributed by atoms with Crippen molar-refractivity contribution in [2.45, 2.75) is 65.0 Å². The lowest BCUT2D eigenvalue weighted by atomic mass is 9.99. The lowest BCUT2D eigenvalue weighted by Gasteiger charge is -2.35. The predicted molar refractivity (Wildman–Crippen MR) is 64.5 cm³/mol. The van der Waals surface area contributed by atoms with Crippen LogP contribution in [0.3, 0.4) is 0 Å². The molecule has 0 aliphatic rings. The molecule has 86 valence electrons. The molecule has 0 aromatic heterocycles. The summed E-state index contributed by atoms with van der Waals surface area (Å²) in [6.07, 6.45) is 4.67. The van der Waals surface area contributed by atoms with E-state index in [1.165, 1.54) is 12.8 Å². The number of hydrogen-bond donors (Lipinski definition) is 1. The molecule has 0 bridgehead atoms. The number of nitrogens with two attached hydrogens (primary N) is 1. The van der Waals surface area contributed by atoms with E-state index in [1.807, 2.05) is 0 Å². The fourth-order valence-electron chi connectivity index (χ4n) is 1.37. The topological polar surface area (TPSA) is 29.3 Å². The van der Waals surface area contributed by atoms with Crippen molar-refractivity contribution in [1.29, 1.82) is 0 Å². The van der Waals surface area contributed by atoms with Crippen molar-refractivity contribution < 1.29 is 0 Å². The fourth-order valence-corrected chi connectivity index (χ4v) is 1.37. The van der Waals surface area contributed by atoms with Crippen molar-refractivity contribution >= 4 is 0 Å². The first-order valence-electron chi connectivity index (χ1n) is 5.90. The molecular weight excluding hydrogens is 172 g/mol. The maximum absolute atomic E-state index is 5.88. The molecule has 0 heterocycles. The summed E-state index contributed by atoms with van der Waals surface area (Å²) in [6, 6.07) is 0.396. The molecule has 0 radical (unpaired) electrons. The standard InChI is InChI=1S/C12H28N2/c1-6-11(13)9-8-10-14(5)12(3,4)7-2/h11H,6-10,13H2,1-5H3. The van der Waals surface area contributed by atoms with Crippen LogP contribution in [0, 0.1) is 0 Å². The Labute approximate surface area is 89.9 Å². The Morgan fingerprint density at radius 1 is 1.29 bits per heavy atom. The molecule has 2 N–H and O–H groups in total. The fraction of sp³-hybridized carbons (Fsp3) is 1.00. The van der Waals surface area contributed by atoms with Gasteiger partial charge in [0.15, 0.2) is 0 Å². The van der Waals surface area contributed by atoms with Gasteiger partial charge in [-0.2, -0.15) is 0 Å². The molecule has 1 unspecified atom stereocenters. The third-order valence-corrected chi connectivity index (χ3v) is 3.49. The molecule has 0 aliphatic heterocycles. The molecule has 0 aromatic carbocycles. The van der Waals surface area contributed by atoms with E-state index in [-0.39, 0.29) is 0 Å². The third kappa shape index (κ3) is 4.97. The van der Waals surface area contributed by atoms with Gasteiger partial charge in [0.1, 0.15) is 0 Å². The smallest absolute Gasteiger partial charge is 0.0147 e. The van der Waals surface area contributed by atoms with Crippen LogP contribution in [0.15, 0.2) is 0 Å². The van der Waals surface area contributed by atoms with Crippen LogP contribution >= 0.6 is 0 Å². The summed E-state index contributed by atoms with van der Waals surface area (Å²) < 4.78 is 0. The van der Waals surface area contributed by atoms with Crippen molar-refractivity contribution in [2.75, 3.05) is 13.6 Å². The van der Waals surface area contributed by atoms with Crippen molar-refractivity contribution in [1.82, 2.24) is 4.90 Å². The number of nitrogens with zero attached hydrogens (tertiary/aromatic N) is 1. The van der Waals surface area contributed by atoms with E-state index in [4.69, 9.17) is 5.73 Å². The second-order valence-electron chi connectivity index (χ2n) is 4.90. The first kappa shape index (κ1) is 13.9. The summed E-state index contributed by atoms with van der Waals surface area (Å²) in [6.45, 7) is 10.2. The molecule has 2 nitrogen and oxygen atoms in total. The highest BCUT2D eigenvalue weighted by atomic mass is 15.2. The summed E-state index contributed by atoms with van der Waals surface area (Å²) in [5.41, 5.74) is 6.21. The minimum atomic E-state index is 0.330. The first-order valence-corrected chi connectivity index (χ1v) is 5.90. The van der Waals surface area contributed by atoms with Gasteiger partial charge in [-0.15, -0.1) is 0 Å². The van der Waals surface area contributed by atoms with Gasteiger partial charge < -0.3 is 10.6 Å². The van der Waals surface area contributed by atoms with E-state index >= 15 is 0 Å². The summed E-state index contributed by atoms with van der Waals surface area (Å²) in [5, 5.41) is 0. The van der Waals surface area contributed by atoms with E-state index in [1.54, 1.807) is 0 Å². The minimum absolute atomic E-state index is 0.330. The Balaban J connectivity index is 3.69. The molecule has 0 aromatic rings. The highest BCUT2D eigenvalue weighted by Crippen LogP contribution is 2.16. The quantitative estimate of drug-likeness (QED) is 0.684. The highest BCUT2D eigenvalue weighted by Gasteiger charge is 2.20. The molecule has 0 fully saturated rings. The predicted octanol–water partition coefficient (Wildman–Crippen LogP) is 2.62. The minimum Gasteiger partial charge on any atom is -0.328 e. The van der Waals surface area contributed by atoms with Gasteiger partial charge in [-0.1, -0.05) is 13.8 Å². The molecule has 0 rings (SSSR count). The summed E-state index contributed by atoms with van der Waals surface area (Å²) in [5.74, 6) is 0. The molecule has 1 atom stereocenters. The normalized spacial score (nSPS) is 14.8. The first-order chi connectivity index (χ1) is 6.44. The van der Waals surface area contributed by atoms with Gasteiger partial charge in [0.05, 0.1) is 0 Å². The highest BCUT2D eigenvalue weighted by molar-refractivity contribution is 4.77. The van der Waals surface area contributed by atoms with Crippen molar-refractivity contribution in [3.05, 3.63) is 0 Å². The monoisotopic (exact) mass is 200 g/mol. The Morgan fingerprint density at radius 3 is 2.29 bits per heavy atom. The number of hydrogen-bond acceptors (Lipinski definition) is 2. The summed E-state index contributed by atoms with van der Waals surface area (Å²) in [7, 11) is 2.21. The van der Waals surface area contributed by atoms with Crippen LogP contribution in [0.25, 0.3) is 0 Å². The zero-order valence-corrected chi connectivity index (χ0v) is 10.6. The lowest BCUT2D eigenvalue weighted by Crippen LogP contribution is -2.41. The molecule has 0 amide bonds. The molecule has 2 heteroatoms. The second-order valence-corrected chi connectivity index (χ2v) is 4.90. The van der Waals surface area contributed by atoms with Gasteiger partial charge in [0.2, 0.25) is 0 Å². The van der Waals surface area contributed by atoms with Crippen molar-refractivity contribution in [3.63, 3.8) is 0 Å². The lowest BCUT2D eigenvalue weighted by molar-refractivity contribution is 0.147. The Hall–Kier alpha value is -0.0800. The van der Waals surface area contributed by atoms with Crippen LogP contribution in [-0.4, -0.2) is 30.1 Å². The van der Waals surface area contributed by atoms with Gasteiger partial charge in [-0.25, -0.2) is 0 Å². The van der Waals surface area contributed by atoms with Crippen LogP contribution in [-0.2, 0) is 0 Å². The van der Waals surface area contributed by atoms with Crippen LogP contribution in [0.4, 0.5) is 0 Å². The Kier molecular flexibility index (Phi) is 6.38. The molecule has 14 heavy (non-hydrogen) atoms.